The smallest absolute Gasteiger partial charge is 0.140 e. The monoisotopic (exact) mass is 334 g/mol. The van der Waals surface area contributed by atoms with E-state index in [1.807, 2.05) is 42.5 Å². The molecule has 3 rings (SSSR count). The molecule has 5 heteroatoms. The van der Waals surface area contributed by atoms with Gasteiger partial charge in [0.05, 0.1) is 12.7 Å². The number of unbranched alkanes of at least 4 members (excludes halogenated alkanes) is 2. The molecule has 0 saturated heterocycles. The Kier molecular flexibility index (Phi) is 5.32. The fraction of sp³-hybridized carbons (Fsp3) is 0.200. The third-order valence-corrected chi connectivity index (χ3v) is 3.83. The largest absolute Gasteiger partial charge is 0.493 e. The molecular weight excluding hydrogens is 316 g/mol. The molecule has 126 valence electrons. The summed E-state index contributed by atoms with van der Waals surface area (Å²) in [6.45, 7) is 0.544. The third-order valence-electron chi connectivity index (χ3n) is 3.83. The summed E-state index contributed by atoms with van der Waals surface area (Å²) < 4.78 is 11.7. The second-order valence-electron chi connectivity index (χ2n) is 5.58. The van der Waals surface area contributed by atoms with Gasteiger partial charge in [0, 0.05) is 29.5 Å². The highest BCUT2D eigenvalue weighted by molar-refractivity contribution is 5.79. The van der Waals surface area contributed by atoms with Crippen LogP contribution in [0.4, 0.5) is 0 Å². The number of hydrogen-bond donors (Lipinski definition) is 1. The van der Waals surface area contributed by atoms with Crippen LogP contribution in [0.15, 0.2) is 64.2 Å². The van der Waals surface area contributed by atoms with E-state index in [-0.39, 0.29) is 0 Å². The van der Waals surface area contributed by atoms with E-state index in [1.165, 1.54) is 0 Å². The zero-order valence-corrected chi connectivity index (χ0v) is 13.7. The van der Waals surface area contributed by atoms with Crippen molar-refractivity contribution in [2.75, 3.05) is 6.61 Å². The van der Waals surface area contributed by atoms with Gasteiger partial charge in [0.1, 0.15) is 22.5 Å². The van der Waals surface area contributed by atoms with Crippen LogP contribution in [-0.2, 0) is 0 Å². The minimum absolute atomic E-state index is 0.445. The number of benzene rings is 2. The van der Waals surface area contributed by atoms with Crippen LogP contribution in [0.3, 0.4) is 0 Å². The van der Waals surface area contributed by atoms with Gasteiger partial charge in [-0.2, -0.15) is 5.26 Å². The Labute approximate surface area is 145 Å². The molecule has 3 aromatic rings. The molecule has 0 atom stereocenters. The van der Waals surface area contributed by atoms with Crippen molar-refractivity contribution in [1.82, 2.24) is 0 Å². The van der Waals surface area contributed by atoms with Gasteiger partial charge in [-0.3, -0.25) is 0 Å². The first-order valence-corrected chi connectivity index (χ1v) is 8.13. The highest BCUT2D eigenvalue weighted by Crippen LogP contribution is 2.25. The number of fused-ring (bicyclic) bond motifs is 1. The maximum atomic E-state index is 9.33. The van der Waals surface area contributed by atoms with Crippen LogP contribution in [0, 0.1) is 11.3 Å². The van der Waals surface area contributed by atoms with Crippen molar-refractivity contribution < 1.29 is 14.4 Å². The lowest BCUT2D eigenvalue weighted by molar-refractivity contribution is 0.302. The van der Waals surface area contributed by atoms with Crippen LogP contribution in [0.5, 0.6) is 5.75 Å². The third kappa shape index (κ3) is 3.99. The summed E-state index contributed by atoms with van der Waals surface area (Å²) in [5.74, 6) is 1.30. The van der Waals surface area contributed by atoms with Gasteiger partial charge in [-0.05, 0) is 25.0 Å². The van der Waals surface area contributed by atoms with Gasteiger partial charge < -0.3 is 14.4 Å². The normalized spacial score (nSPS) is 11.4. The average molecular weight is 334 g/mol. The van der Waals surface area contributed by atoms with Gasteiger partial charge in [-0.25, -0.2) is 0 Å². The van der Waals surface area contributed by atoms with E-state index in [0.29, 0.717) is 40.9 Å². The lowest BCUT2D eigenvalue weighted by Gasteiger charge is -2.08. The Hall–Kier alpha value is -3.26. The minimum Gasteiger partial charge on any atom is -0.493 e. The maximum Gasteiger partial charge on any atom is 0.140 e. The summed E-state index contributed by atoms with van der Waals surface area (Å²) in [6, 6.07) is 18.9. The molecule has 5 nitrogen and oxygen atoms in total. The van der Waals surface area contributed by atoms with E-state index in [2.05, 4.69) is 11.2 Å². The van der Waals surface area contributed by atoms with Crippen molar-refractivity contribution in [3.05, 3.63) is 60.0 Å². The zero-order valence-electron chi connectivity index (χ0n) is 13.7. The fourth-order valence-electron chi connectivity index (χ4n) is 2.56. The molecule has 0 saturated carbocycles. The Morgan fingerprint density at radius 2 is 1.92 bits per heavy atom. The van der Waals surface area contributed by atoms with Crippen LogP contribution in [0.2, 0.25) is 0 Å². The van der Waals surface area contributed by atoms with Crippen molar-refractivity contribution >= 4 is 11.0 Å². The summed E-state index contributed by atoms with van der Waals surface area (Å²) in [5.41, 5.74) is 1.49. The van der Waals surface area contributed by atoms with E-state index in [9.17, 15) is 5.21 Å². The maximum absolute atomic E-state index is 9.33. The topological polar surface area (TPSA) is 78.8 Å². The quantitative estimate of drug-likeness (QED) is 0.410. The van der Waals surface area contributed by atoms with Crippen LogP contribution in [0.25, 0.3) is 22.3 Å². The van der Waals surface area contributed by atoms with Crippen molar-refractivity contribution in [3.63, 3.8) is 0 Å². The second kappa shape index (κ2) is 8.02. The summed E-state index contributed by atoms with van der Waals surface area (Å²) >= 11 is 0. The first kappa shape index (κ1) is 16.6. The summed E-state index contributed by atoms with van der Waals surface area (Å²) in [7, 11) is 0. The Morgan fingerprint density at radius 3 is 2.68 bits per heavy atom. The van der Waals surface area contributed by atoms with Crippen molar-refractivity contribution in [2.24, 2.45) is 5.16 Å². The van der Waals surface area contributed by atoms with Crippen LogP contribution < -0.4 is 10.1 Å². The van der Waals surface area contributed by atoms with Crippen molar-refractivity contribution in [1.29, 1.82) is 5.26 Å². The van der Waals surface area contributed by atoms with E-state index >= 15 is 0 Å². The van der Waals surface area contributed by atoms with Crippen molar-refractivity contribution in [2.45, 2.75) is 19.3 Å². The molecule has 1 N–H and O–H groups in total. The fourth-order valence-corrected chi connectivity index (χ4v) is 2.56. The molecule has 0 radical (unpaired) electrons. The molecular formula is C20H18N2O3. The summed E-state index contributed by atoms with van der Waals surface area (Å²) in [4.78, 5) is 0. The molecule has 0 aliphatic carbocycles. The highest BCUT2D eigenvalue weighted by atomic mass is 16.5. The lowest BCUT2D eigenvalue weighted by Crippen LogP contribution is -2.04. The summed E-state index contributed by atoms with van der Waals surface area (Å²) in [5, 5.41) is 22.4. The van der Waals surface area contributed by atoms with Gasteiger partial charge >= 0.3 is 0 Å². The van der Waals surface area contributed by atoms with E-state index < -0.39 is 0 Å². The predicted molar refractivity (Wildman–Crippen MR) is 94.0 cm³/mol. The molecule has 1 aromatic heterocycles. The number of rotatable bonds is 6. The van der Waals surface area contributed by atoms with E-state index in [4.69, 9.17) is 14.4 Å². The average Bonchev–Trinajstić information content (AvgIpc) is 2.67. The van der Waals surface area contributed by atoms with Crippen molar-refractivity contribution in [3.8, 4) is 23.1 Å². The lowest BCUT2D eigenvalue weighted by atomic mass is 10.1. The molecule has 0 bridgehead atoms. The van der Waals surface area contributed by atoms with E-state index in [1.54, 1.807) is 12.1 Å². The van der Waals surface area contributed by atoms with Gasteiger partial charge in [0.25, 0.3) is 0 Å². The SMILES string of the molecule is N#CCCCCOc1ccc2/c(=N/O)cc(-c3ccccc3)oc2c1. The Balaban J connectivity index is 1.91. The first-order chi connectivity index (χ1) is 12.3. The molecule has 2 aromatic carbocycles. The highest BCUT2D eigenvalue weighted by Gasteiger charge is 2.07. The molecule has 25 heavy (non-hydrogen) atoms. The Morgan fingerprint density at radius 1 is 1.08 bits per heavy atom. The first-order valence-electron chi connectivity index (χ1n) is 8.13. The second-order valence-corrected chi connectivity index (χ2v) is 5.58. The number of hydrogen-bond acceptors (Lipinski definition) is 5. The summed E-state index contributed by atoms with van der Waals surface area (Å²) in [6.07, 6.45) is 2.18. The van der Waals surface area contributed by atoms with Crippen LogP contribution in [0.1, 0.15) is 19.3 Å². The standard InChI is InChI=1S/C20H18N2O3/c21-11-5-2-6-12-24-16-9-10-17-18(22-23)14-19(25-20(17)13-16)15-7-3-1-4-8-15/h1,3-4,7-10,13-14,23H,2,5-6,12H2/b22-18+. The molecule has 0 spiro atoms. The van der Waals surface area contributed by atoms with Gasteiger partial charge in [-0.1, -0.05) is 35.5 Å². The number of nitriles is 1. The molecule has 0 aliphatic rings. The van der Waals surface area contributed by atoms with Crippen LogP contribution >= 0.6 is 0 Å². The van der Waals surface area contributed by atoms with Gasteiger partial charge in [0.2, 0.25) is 0 Å². The molecule has 0 aliphatic heterocycles. The zero-order chi connectivity index (χ0) is 17.5. The Bertz CT molecular complexity index is 956. The molecule has 1 heterocycles. The predicted octanol–water partition coefficient (Wildman–Crippen LogP) is 4.46. The minimum atomic E-state index is 0.445. The van der Waals surface area contributed by atoms with E-state index in [0.717, 1.165) is 18.4 Å². The number of ether oxygens (including phenoxy) is 1. The van der Waals surface area contributed by atoms with Gasteiger partial charge in [0.15, 0.2) is 0 Å². The van der Waals surface area contributed by atoms with Crippen LogP contribution in [-0.4, -0.2) is 11.8 Å². The molecule has 0 amide bonds. The number of nitrogens with zero attached hydrogens (tertiary/aromatic N) is 2. The molecule has 0 fully saturated rings. The molecule has 0 unspecified atom stereocenters. The van der Waals surface area contributed by atoms with Gasteiger partial charge in [-0.15, -0.1) is 0 Å².